The number of Topliss-reactive ketones (excluding diaryl/α,β-unsaturated/α-hetero) is 1. The van der Waals surface area contributed by atoms with Crippen molar-refractivity contribution in [2.24, 2.45) is 4.99 Å². The second kappa shape index (κ2) is 7.89. The number of carbonyl (C=O) groups excluding carboxylic acids is 2. The maximum atomic E-state index is 12.5. The lowest BCUT2D eigenvalue weighted by molar-refractivity contribution is -0.118. The third-order valence-electron chi connectivity index (χ3n) is 5.24. The van der Waals surface area contributed by atoms with Crippen LogP contribution in [0.15, 0.2) is 59.4 Å². The Labute approximate surface area is 164 Å². The van der Waals surface area contributed by atoms with E-state index in [2.05, 4.69) is 34.3 Å². The molecule has 142 valence electrons. The van der Waals surface area contributed by atoms with Gasteiger partial charge in [-0.2, -0.15) is 0 Å². The van der Waals surface area contributed by atoms with Crippen molar-refractivity contribution in [2.45, 2.75) is 45.1 Å². The van der Waals surface area contributed by atoms with E-state index in [0.717, 1.165) is 34.8 Å². The van der Waals surface area contributed by atoms with Gasteiger partial charge in [-0.15, -0.1) is 0 Å². The average Bonchev–Trinajstić information content (AvgIpc) is 3.28. The van der Waals surface area contributed by atoms with Crippen LogP contribution in [-0.4, -0.2) is 22.4 Å². The minimum atomic E-state index is 0.151. The number of benzene rings is 1. The molecule has 0 bridgehead atoms. The molecule has 2 aliphatic rings. The Morgan fingerprint density at radius 1 is 1.21 bits per heavy atom. The minimum Gasteiger partial charge on any atom is -0.343 e. The van der Waals surface area contributed by atoms with Crippen LogP contribution in [0.25, 0.3) is 0 Å². The van der Waals surface area contributed by atoms with Crippen molar-refractivity contribution in [3.63, 3.8) is 0 Å². The summed E-state index contributed by atoms with van der Waals surface area (Å²) in [5.41, 5.74) is 4.90. The van der Waals surface area contributed by atoms with Crippen molar-refractivity contribution >= 4 is 17.4 Å². The Hall–Kier alpha value is -3.08. The number of aliphatic imine (C=N–C) groups is 1. The van der Waals surface area contributed by atoms with Gasteiger partial charge in [0.25, 0.3) is 0 Å². The van der Waals surface area contributed by atoms with E-state index >= 15 is 0 Å². The summed E-state index contributed by atoms with van der Waals surface area (Å²) in [6.45, 7) is 2.65. The number of pyridine rings is 1. The normalized spacial score (nSPS) is 16.4. The number of aromatic nitrogens is 1. The molecule has 5 nitrogen and oxygen atoms in total. The smallest absolute Gasteiger partial charge is 0.157 e. The van der Waals surface area contributed by atoms with Crippen LogP contribution in [0.1, 0.15) is 54.5 Å². The van der Waals surface area contributed by atoms with Crippen LogP contribution in [-0.2, 0) is 22.6 Å². The van der Waals surface area contributed by atoms with Crippen LogP contribution < -0.4 is 5.32 Å². The van der Waals surface area contributed by atoms with Gasteiger partial charge in [0.1, 0.15) is 11.6 Å². The fraction of sp³-hybridized carbons (Fsp3) is 0.304. The topological polar surface area (TPSA) is 71.4 Å². The molecular weight excluding hydrogens is 350 g/mol. The molecule has 0 radical (unpaired) electrons. The standard InChI is InChI=1S/C23H23N3O2/c1-15(16-5-3-2-4-6-16)9-21(28)12-19-10-17-13-25-23(22(17)14-24-19)26-18-7-8-20(27)11-18/h2-6,10-11,14-15H,7-9,12-13H2,1H3,(H,25,26)/t15-/m0/s1. The first-order chi connectivity index (χ1) is 13.6. The molecule has 1 aromatic carbocycles. The molecule has 4 rings (SSSR count). The first kappa shape index (κ1) is 18.3. The second-order valence-electron chi connectivity index (χ2n) is 7.49. The third-order valence-corrected chi connectivity index (χ3v) is 5.24. The average molecular weight is 373 g/mol. The number of ketones is 2. The molecule has 1 aliphatic carbocycles. The lowest BCUT2D eigenvalue weighted by Crippen LogP contribution is -2.22. The third kappa shape index (κ3) is 4.09. The van der Waals surface area contributed by atoms with E-state index in [4.69, 9.17) is 0 Å². The van der Waals surface area contributed by atoms with Gasteiger partial charge < -0.3 is 5.32 Å². The predicted octanol–water partition coefficient (Wildman–Crippen LogP) is 3.48. The molecular formula is C23H23N3O2. The van der Waals surface area contributed by atoms with Gasteiger partial charge in [-0.05, 0) is 29.5 Å². The molecule has 0 fully saturated rings. The number of allylic oxidation sites excluding steroid dienone is 2. The Morgan fingerprint density at radius 2 is 2.04 bits per heavy atom. The molecule has 0 spiro atoms. The summed E-state index contributed by atoms with van der Waals surface area (Å²) in [7, 11) is 0. The molecule has 2 heterocycles. The van der Waals surface area contributed by atoms with E-state index in [1.807, 2.05) is 24.3 Å². The molecule has 1 atom stereocenters. The van der Waals surface area contributed by atoms with Crippen molar-refractivity contribution in [2.75, 3.05) is 0 Å². The number of hydrogen-bond acceptors (Lipinski definition) is 5. The number of rotatable bonds is 6. The van der Waals surface area contributed by atoms with E-state index in [-0.39, 0.29) is 17.5 Å². The number of hydrogen-bond donors (Lipinski definition) is 1. The fourth-order valence-corrected chi connectivity index (χ4v) is 3.71. The highest BCUT2D eigenvalue weighted by Crippen LogP contribution is 2.22. The van der Waals surface area contributed by atoms with Crippen molar-refractivity contribution in [3.8, 4) is 0 Å². The largest absolute Gasteiger partial charge is 0.343 e. The Morgan fingerprint density at radius 3 is 2.79 bits per heavy atom. The van der Waals surface area contributed by atoms with Gasteiger partial charge in [-0.3, -0.25) is 19.6 Å². The highest BCUT2D eigenvalue weighted by Gasteiger charge is 2.21. The van der Waals surface area contributed by atoms with Gasteiger partial charge in [0.2, 0.25) is 0 Å². The molecule has 28 heavy (non-hydrogen) atoms. The second-order valence-corrected chi connectivity index (χ2v) is 7.49. The number of nitrogens with one attached hydrogen (secondary N) is 1. The van der Waals surface area contributed by atoms with Gasteiger partial charge in [0.15, 0.2) is 5.78 Å². The number of fused-ring (bicyclic) bond motifs is 1. The van der Waals surface area contributed by atoms with Crippen LogP contribution >= 0.6 is 0 Å². The Bertz CT molecular complexity index is 977. The summed E-state index contributed by atoms with van der Waals surface area (Å²) in [4.78, 5) is 32.9. The van der Waals surface area contributed by atoms with E-state index in [1.54, 1.807) is 12.3 Å². The van der Waals surface area contributed by atoms with E-state index < -0.39 is 0 Å². The SMILES string of the molecule is C[C@@H](CC(=O)Cc1cc2c(cn1)C(NC1=CC(=O)CC1)=NC2)c1ccccc1. The lowest BCUT2D eigenvalue weighted by atomic mass is 9.94. The minimum absolute atomic E-state index is 0.151. The molecule has 0 amide bonds. The van der Waals surface area contributed by atoms with Crippen LogP contribution in [0, 0.1) is 0 Å². The Balaban J connectivity index is 1.38. The summed E-state index contributed by atoms with van der Waals surface area (Å²) in [6.07, 6.45) is 5.57. The predicted molar refractivity (Wildman–Crippen MR) is 108 cm³/mol. The molecule has 1 aliphatic heterocycles. The molecule has 2 aromatic rings. The monoisotopic (exact) mass is 373 g/mol. The number of amidine groups is 1. The quantitative estimate of drug-likeness (QED) is 0.841. The van der Waals surface area contributed by atoms with Gasteiger partial charge in [-0.1, -0.05) is 37.3 Å². The molecule has 1 N–H and O–H groups in total. The molecule has 5 heteroatoms. The summed E-state index contributed by atoms with van der Waals surface area (Å²) >= 11 is 0. The van der Waals surface area contributed by atoms with Crippen LogP contribution in [0.5, 0.6) is 0 Å². The van der Waals surface area contributed by atoms with E-state index in [1.165, 1.54) is 5.56 Å². The summed E-state index contributed by atoms with van der Waals surface area (Å²) in [6, 6.07) is 12.1. The van der Waals surface area contributed by atoms with Crippen molar-refractivity contribution < 1.29 is 9.59 Å². The maximum Gasteiger partial charge on any atom is 0.157 e. The molecule has 1 aromatic heterocycles. The van der Waals surface area contributed by atoms with Crippen molar-refractivity contribution in [1.82, 2.24) is 10.3 Å². The number of carbonyl (C=O) groups is 2. The highest BCUT2D eigenvalue weighted by molar-refractivity contribution is 6.04. The lowest BCUT2D eigenvalue weighted by Gasteiger charge is -2.11. The van der Waals surface area contributed by atoms with Crippen LogP contribution in [0.3, 0.4) is 0 Å². The van der Waals surface area contributed by atoms with Gasteiger partial charge >= 0.3 is 0 Å². The summed E-state index contributed by atoms with van der Waals surface area (Å²) in [5.74, 6) is 1.30. The Kier molecular flexibility index (Phi) is 5.15. The zero-order valence-corrected chi connectivity index (χ0v) is 15.9. The van der Waals surface area contributed by atoms with Gasteiger partial charge in [0.05, 0.1) is 6.54 Å². The summed E-state index contributed by atoms with van der Waals surface area (Å²) < 4.78 is 0. The van der Waals surface area contributed by atoms with E-state index in [0.29, 0.717) is 25.8 Å². The fourth-order valence-electron chi connectivity index (χ4n) is 3.71. The first-order valence-electron chi connectivity index (χ1n) is 9.68. The van der Waals surface area contributed by atoms with Gasteiger partial charge in [-0.25, -0.2) is 0 Å². The molecule has 0 saturated heterocycles. The zero-order chi connectivity index (χ0) is 19.5. The zero-order valence-electron chi connectivity index (χ0n) is 15.9. The number of nitrogens with zero attached hydrogens (tertiary/aromatic N) is 2. The van der Waals surface area contributed by atoms with Crippen LogP contribution in [0.2, 0.25) is 0 Å². The first-order valence-corrected chi connectivity index (χ1v) is 9.68. The highest BCUT2D eigenvalue weighted by atomic mass is 16.1. The summed E-state index contributed by atoms with van der Waals surface area (Å²) in [5, 5.41) is 3.25. The van der Waals surface area contributed by atoms with Gasteiger partial charge in [0, 0.05) is 48.5 Å². The van der Waals surface area contributed by atoms with Crippen molar-refractivity contribution in [1.29, 1.82) is 0 Å². The molecule has 0 saturated carbocycles. The van der Waals surface area contributed by atoms with Crippen molar-refractivity contribution in [3.05, 3.63) is 76.8 Å². The van der Waals surface area contributed by atoms with E-state index in [9.17, 15) is 9.59 Å². The van der Waals surface area contributed by atoms with Crippen LogP contribution in [0.4, 0.5) is 0 Å². The molecule has 0 unspecified atom stereocenters. The maximum absolute atomic E-state index is 12.5.